The summed E-state index contributed by atoms with van der Waals surface area (Å²) in [7, 11) is 0. The average Bonchev–Trinajstić information content (AvgIpc) is 2.49. The molecule has 0 saturated carbocycles. The molecule has 0 fully saturated rings. The van der Waals surface area contributed by atoms with Gasteiger partial charge < -0.3 is 0 Å². The van der Waals surface area contributed by atoms with E-state index in [1.54, 1.807) is 0 Å². The second kappa shape index (κ2) is 7.47. The SMILES string of the molecule is Cc1ccc(-c2ccc(-c3cc[c-]cc3)cc2)cc1.[Rb+]. The minimum absolute atomic E-state index is 0. The number of hydrogen-bond acceptors (Lipinski definition) is 0. The summed E-state index contributed by atoms with van der Waals surface area (Å²) in [5, 5.41) is 0. The molecule has 0 aliphatic carbocycles. The van der Waals surface area contributed by atoms with Gasteiger partial charge in [-0.25, -0.2) is 0 Å². The average molecular weight is 329 g/mol. The van der Waals surface area contributed by atoms with Crippen molar-refractivity contribution in [2.75, 3.05) is 0 Å². The summed E-state index contributed by atoms with van der Waals surface area (Å²) in [5.74, 6) is 0. The Labute approximate surface area is 169 Å². The molecule has 20 heavy (non-hydrogen) atoms. The fourth-order valence-electron chi connectivity index (χ4n) is 2.18. The molecule has 0 aliphatic rings. The Balaban J connectivity index is 0.00000147. The van der Waals surface area contributed by atoms with Crippen molar-refractivity contribution >= 4 is 0 Å². The Hall–Kier alpha value is -0.535. The van der Waals surface area contributed by atoms with Crippen molar-refractivity contribution in [1.82, 2.24) is 0 Å². The van der Waals surface area contributed by atoms with Crippen LogP contribution in [0.2, 0.25) is 0 Å². The van der Waals surface area contributed by atoms with Crippen LogP contribution in [0.15, 0.2) is 72.8 Å². The van der Waals surface area contributed by atoms with Gasteiger partial charge in [-0.3, -0.25) is 0 Å². The molecule has 3 aromatic rings. The van der Waals surface area contributed by atoms with Crippen LogP contribution in [0.3, 0.4) is 0 Å². The quantitative estimate of drug-likeness (QED) is 0.632. The zero-order valence-corrected chi connectivity index (χ0v) is 16.8. The summed E-state index contributed by atoms with van der Waals surface area (Å²) in [6, 6.07) is 28.4. The van der Waals surface area contributed by atoms with Gasteiger partial charge in [-0.2, -0.15) is 30.3 Å². The van der Waals surface area contributed by atoms with Crippen LogP contribution in [0.1, 0.15) is 5.56 Å². The zero-order chi connectivity index (χ0) is 13.1. The molecule has 0 atom stereocenters. The maximum atomic E-state index is 3.05. The van der Waals surface area contributed by atoms with Gasteiger partial charge in [0.05, 0.1) is 0 Å². The van der Waals surface area contributed by atoms with Gasteiger partial charge in [0.1, 0.15) is 0 Å². The molecule has 0 nitrogen and oxygen atoms in total. The minimum atomic E-state index is 0. The zero-order valence-electron chi connectivity index (χ0n) is 11.9. The molecule has 3 aromatic carbocycles. The van der Waals surface area contributed by atoms with Gasteiger partial charge in [-0.1, -0.05) is 54.1 Å². The minimum Gasteiger partial charge on any atom is -0.184 e. The first-order valence-corrected chi connectivity index (χ1v) is 6.46. The smallest absolute Gasteiger partial charge is 0.184 e. The molecule has 0 aromatic heterocycles. The fourth-order valence-corrected chi connectivity index (χ4v) is 2.18. The van der Waals surface area contributed by atoms with Gasteiger partial charge >= 0.3 is 58.2 Å². The van der Waals surface area contributed by atoms with E-state index in [9.17, 15) is 0 Å². The van der Waals surface area contributed by atoms with Crippen LogP contribution in [-0.4, -0.2) is 0 Å². The Morgan fingerprint density at radius 1 is 0.550 bits per heavy atom. The Kier molecular flexibility index (Phi) is 5.92. The van der Waals surface area contributed by atoms with Gasteiger partial charge in [0, 0.05) is 0 Å². The normalized spacial score (nSPS) is 9.85. The third kappa shape index (κ3) is 3.76. The summed E-state index contributed by atoms with van der Waals surface area (Å²) < 4.78 is 0. The molecule has 0 amide bonds. The van der Waals surface area contributed by atoms with Gasteiger partial charge in [-0.15, -0.1) is 5.56 Å². The van der Waals surface area contributed by atoms with E-state index >= 15 is 0 Å². The van der Waals surface area contributed by atoms with E-state index in [1.807, 2.05) is 12.1 Å². The van der Waals surface area contributed by atoms with Crippen molar-refractivity contribution in [3.8, 4) is 22.3 Å². The fraction of sp³-hybridized carbons (Fsp3) is 0.0526. The van der Waals surface area contributed by atoms with Crippen LogP contribution >= 0.6 is 0 Å². The molecule has 0 heterocycles. The van der Waals surface area contributed by atoms with Crippen molar-refractivity contribution in [1.29, 1.82) is 0 Å². The predicted octanol–water partition coefficient (Wildman–Crippen LogP) is 2.13. The first-order valence-electron chi connectivity index (χ1n) is 6.46. The van der Waals surface area contributed by atoms with Crippen LogP contribution in [0.4, 0.5) is 0 Å². The van der Waals surface area contributed by atoms with E-state index in [0.717, 1.165) is 0 Å². The summed E-state index contributed by atoms with van der Waals surface area (Å²) in [6.07, 6.45) is 0. The summed E-state index contributed by atoms with van der Waals surface area (Å²) in [6.45, 7) is 2.11. The summed E-state index contributed by atoms with van der Waals surface area (Å²) >= 11 is 0. The van der Waals surface area contributed by atoms with Gasteiger partial charge in [0.2, 0.25) is 0 Å². The largest absolute Gasteiger partial charge is 1.00 e. The number of rotatable bonds is 2. The maximum Gasteiger partial charge on any atom is 1.00 e. The molecule has 0 saturated heterocycles. The van der Waals surface area contributed by atoms with E-state index < -0.39 is 0 Å². The molecule has 0 radical (unpaired) electrons. The predicted molar refractivity (Wildman–Crippen MR) is 80.9 cm³/mol. The molecule has 92 valence electrons. The number of benzene rings is 3. The van der Waals surface area contributed by atoms with Crippen LogP contribution in [0, 0.1) is 13.0 Å². The molecule has 0 spiro atoms. The monoisotopic (exact) mass is 328 g/mol. The van der Waals surface area contributed by atoms with Gasteiger partial charge in [0.25, 0.3) is 0 Å². The van der Waals surface area contributed by atoms with Crippen molar-refractivity contribution < 1.29 is 58.2 Å². The summed E-state index contributed by atoms with van der Waals surface area (Å²) in [4.78, 5) is 0. The van der Waals surface area contributed by atoms with E-state index in [0.29, 0.717) is 0 Å². The third-order valence-electron chi connectivity index (χ3n) is 3.32. The van der Waals surface area contributed by atoms with Crippen LogP contribution in [0.5, 0.6) is 0 Å². The molecule has 1 heteroatoms. The van der Waals surface area contributed by atoms with Crippen molar-refractivity contribution in [3.63, 3.8) is 0 Å². The maximum absolute atomic E-state index is 3.05. The molecule has 0 aliphatic heterocycles. The van der Waals surface area contributed by atoms with Gasteiger partial charge in [-0.05, 0) is 23.6 Å². The summed E-state index contributed by atoms with van der Waals surface area (Å²) in [5.41, 5.74) is 6.28. The molecular formula is C19H15Rb. The molecule has 3 rings (SSSR count). The Morgan fingerprint density at radius 2 is 0.900 bits per heavy atom. The third-order valence-corrected chi connectivity index (χ3v) is 3.32. The van der Waals surface area contributed by atoms with Gasteiger partial charge in [0.15, 0.2) is 0 Å². The second-order valence-corrected chi connectivity index (χ2v) is 4.73. The van der Waals surface area contributed by atoms with E-state index in [1.165, 1.54) is 27.8 Å². The molecule has 0 bridgehead atoms. The number of hydrogen-bond donors (Lipinski definition) is 0. The molecule has 0 unspecified atom stereocenters. The standard InChI is InChI=1S/C19H15.Rb/c1-15-7-9-17(10-8-15)19-13-11-18(12-14-19)16-5-3-2-4-6-16;/h3-14H,1H3;/q-1;+1. The topological polar surface area (TPSA) is 0 Å². The van der Waals surface area contributed by atoms with Crippen LogP contribution in [0.25, 0.3) is 22.3 Å². The van der Waals surface area contributed by atoms with Crippen molar-refractivity contribution in [2.24, 2.45) is 0 Å². The van der Waals surface area contributed by atoms with Crippen LogP contribution < -0.4 is 58.2 Å². The van der Waals surface area contributed by atoms with Crippen molar-refractivity contribution in [2.45, 2.75) is 6.92 Å². The number of aryl methyl sites for hydroxylation is 1. The van der Waals surface area contributed by atoms with E-state index in [-0.39, 0.29) is 58.2 Å². The molecular weight excluding hydrogens is 314 g/mol. The van der Waals surface area contributed by atoms with Crippen LogP contribution in [-0.2, 0) is 0 Å². The Bertz CT molecular complexity index is 652. The second-order valence-electron chi connectivity index (χ2n) is 4.73. The Morgan fingerprint density at radius 3 is 1.35 bits per heavy atom. The van der Waals surface area contributed by atoms with E-state index in [4.69, 9.17) is 0 Å². The first-order chi connectivity index (χ1) is 9.33. The molecule has 0 N–H and O–H groups in total. The first kappa shape index (κ1) is 15.8. The van der Waals surface area contributed by atoms with E-state index in [2.05, 4.69) is 73.7 Å². The van der Waals surface area contributed by atoms with Crippen molar-refractivity contribution in [3.05, 3.63) is 84.4 Å².